The van der Waals surface area contributed by atoms with E-state index in [0.717, 1.165) is 32.5 Å². The van der Waals surface area contributed by atoms with Crippen molar-refractivity contribution in [1.29, 1.82) is 0 Å². The summed E-state index contributed by atoms with van der Waals surface area (Å²) in [6, 6.07) is 12.1. The molecule has 0 spiro atoms. The van der Waals surface area contributed by atoms with Crippen LogP contribution < -0.4 is 9.47 Å². The Morgan fingerprint density at radius 3 is 2.48 bits per heavy atom. The number of Topliss-reactive ketones (excluding diaryl/α,β-unsaturated/α-hetero) is 1. The maximum atomic E-state index is 13.1. The molecular formula is C24H26N2O5. The molecule has 4 rings (SSSR count). The van der Waals surface area contributed by atoms with Gasteiger partial charge in [-0.15, -0.1) is 0 Å². The van der Waals surface area contributed by atoms with Crippen molar-refractivity contribution in [3.8, 4) is 11.5 Å². The molecule has 0 radical (unpaired) electrons. The summed E-state index contributed by atoms with van der Waals surface area (Å²) in [6.07, 6.45) is 4.36. The Hall–Kier alpha value is -3.19. The Labute approximate surface area is 181 Å². The molecule has 7 heteroatoms. The molecule has 1 aliphatic heterocycles. The van der Waals surface area contributed by atoms with Crippen molar-refractivity contribution in [2.45, 2.75) is 25.8 Å². The highest BCUT2D eigenvalue weighted by molar-refractivity contribution is 6.16. The number of hydrogen-bond donors (Lipinski definition) is 0. The highest BCUT2D eigenvalue weighted by atomic mass is 16.6. The minimum absolute atomic E-state index is 0.00456. The van der Waals surface area contributed by atoms with Crippen molar-refractivity contribution in [1.82, 2.24) is 4.90 Å². The van der Waals surface area contributed by atoms with Gasteiger partial charge in [-0.3, -0.25) is 19.8 Å². The fraction of sp³-hybridized carbons (Fsp3) is 0.375. The SMILES string of the molecule is COc1cc2c(c([N+](=O)[O-])c1OC)C(=O)/C(=C\C1CCN(Cc3ccccc3)CC1)C2. The molecule has 2 aliphatic rings. The number of allylic oxidation sites excluding steroid dienone is 2. The van der Waals surface area contributed by atoms with Gasteiger partial charge in [0.1, 0.15) is 5.56 Å². The van der Waals surface area contributed by atoms with Crippen molar-refractivity contribution < 1.29 is 19.2 Å². The highest BCUT2D eigenvalue weighted by Gasteiger charge is 2.38. The number of fused-ring (bicyclic) bond motifs is 1. The summed E-state index contributed by atoms with van der Waals surface area (Å²) in [5.41, 5.74) is 2.39. The number of likely N-dealkylation sites (tertiary alicyclic amines) is 1. The van der Waals surface area contributed by atoms with E-state index in [4.69, 9.17) is 9.47 Å². The number of nitro benzene ring substituents is 1. The summed E-state index contributed by atoms with van der Waals surface area (Å²) in [5.74, 6) is 0.295. The molecule has 0 N–H and O–H groups in total. The van der Waals surface area contributed by atoms with Gasteiger partial charge >= 0.3 is 5.69 Å². The van der Waals surface area contributed by atoms with E-state index >= 15 is 0 Å². The van der Waals surface area contributed by atoms with Crippen molar-refractivity contribution in [2.24, 2.45) is 5.92 Å². The lowest BCUT2D eigenvalue weighted by molar-refractivity contribution is -0.386. The number of methoxy groups -OCH3 is 2. The van der Waals surface area contributed by atoms with Gasteiger partial charge < -0.3 is 9.47 Å². The summed E-state index contributed by atoms with van der Waals surface area (Å²) in [7, 11) is 2.78. The van der Waals surface area contributed by atoms with Crippen molar-refractivity contribution in [3.63, 3.8) is 0 Å². The quantitative estimate of drug-likeness (QED) is 0.394. The van der Waals surface area contributed by atoms with Crippen LogP contribution in [0.25, 0.3) is 0 Å². The summed E-state index contributed by atoms with van der Waals surface area (Å²) in [6.45, 7) is 2.86. The van der Waals surface area contributed by atoms with E-state index in [1.165, 1.54) is 19.8 Å². The van der Waals surface area contributed by atoms with E-state index in [9.17, 15) is 14.9 Å². The number of ether oxygens (including phenoxy) is 2. The second-order valence-corrected chi connectivity index (χ2v) is 8.05. The predicted octanol–water partition coefficient (Wildman–Crippen LogP) is 4.19. The van der Waals surface area contributed by atoms with Crippen LogP contribution >= 0.6 is 0 Å². The first-order chi connectivity index (χ1) is 15.0. The summed E-state index contributed by atoms with van der Waals surface area (Å²) in [5, 5.41) is 11.7. The van der Waals surface area contributed by atoms with E-state index in [1.807, 2.05) is 12.1 Å². The first kappa shape index (κ1) is 21.1. The Kier molecular flexibility index (Phi) is 6.04. The molecule has 0 bridgehead atoms. The maximum Gasteiger partial charge on any atom is 0.326 e. The Morgan fingerprint density at radius 1 is 1.16 bits per heavy atom. The lowest BCUT2D eigenvalue weighted by Gasteiger charge is -2.30. The molecule has 0 aromatic heterocycles. The average Bonchev–Trinajstić information content (AvgIpc) is 3.09. The zero-order valence-corrected chi connectivity index (χ0v) is 17.8. The molecular weight excluding hydrogens is 396 g/mol. The van der Waals surface area contributed by atoms with Gasteiger partial charge in [-0.25, -0.2) is 0 Å². The molecule has 1 fully saturated rings. The zero-order valence-electron chi connectivity index (χ0n) is 17.8. The van der Waals surface area contributed by atoms with Gasteiger partial charge in [0.25, 0.3) is 0 Å². The zero-order chi connectivity index (χ0) is 22.0. The lowest BCUT2D eigenvalue weighted by atomic mass is 9.93. The second-order valence-electron chi connectivity index (χ2n) is 8.05. The van der Waals surface area contributed by atoms with Gasteiger partial charge in [0.05, 0.1) is 19.1 Å². The van der Waals surface area contributed by atoms with E-state index in [2.05, 4.69) is 29.2 Å². The van der Waals surface area contributed by atoms with Gasteiger partial charge in [0, 0.05) is 18.5 Å². The fourth-order valence-corrected chi connectivity index (χ4v) is 4.58. The van der Waals surface area contributed by atoms with Crippen LogP contribution in [0.5, 0.6) is 11.5 Å². The number of nitrogens with zero attached hydrogens (tertiary/aromatic N) is 2. The van der Waals surface area contributed by atoms with Gasteiger partial charge in [-0.2, -0.15) is 0 Å². The number of piperidine rings is 1. The van der Waals surface area contributed by atoms with Crippen LogP contribution in [0.2, 0.25) is 0 Å². The molecule has 1 aliphatic carbocycles. The first-order valence-corrected chi connectivity index (χ1v) is 10.5. The number of carbonyl (C=O) groups is 1. The Balaban J connectivity index is 1.50. The van der Waals surface area contributed by atoms with Crippen LogP contribution in [0.3, 0.4) is 0 Å². The molecule has 2 aromatic carbocycles. The third kappa shape index (κ3) is 4.18. The summed E-state index contributed by atoms with van der Waals surface area (Å²) >= 11 is 0. The topological polar surface area (TPSA) is 81.9 Å². The Bertz CT molecular complexity index is 1020. The third-order valence-corrected chi connectivity index (χ3v) is 6.13. The van der Waals surface area contributed by atoms with Crippen LogP contribution in [-0.2, 0) is 13.0 Å². The van der Waals surface area contributed by atoms with E-state index in [0.29, 0.717) is 23.5 Å². The Morgan fingerprint density at radius 2 is 1.87 bits per heavy atom. The smallest absolute Gasteiger partial charge is 0.326 e. The highest BCUT2D eigenvalue weighted by Crippen LogP contribution is 2.46. The van der Waals surface area contributed by atoms with E-state index in [1.54, 1.807) is 6.07 Å². The van der Waals surface area contributed by atoms with Crippen LogP contribution in [-0.4, -0.2) is 42.9 Å². The molecule has 0 amide bonds. The summed E-state index contributed by atoms with van der Waals surface area (Å²) < 4.78 is 10.5. The molecule has 2 aromatic rings. The van der Waals surface area contributed by atoms with Crippen LogP contribution in [0.4, 0.5) is 5.69 Å². The number of hydrogen-bond acceptors (Lipinski definition) is 6. The molecule has 0 unspecified atom stereocenters. The lowest BCUT2D eigenvalue weighted by Crippen LogP contribution is -2.32. The minimum Gasteiger partial charge on any atom is -0.493 e. The van der Waals surface area contributed by atoms with Crippen molar-refractivity contribution in [2.75, 3.05) is 27.3 Å². The molecule has 0 atom stereocenters. The van der Waals surface area contributed by atoms with Crippen molar-refractivity contribution in [3.05, 3.63) is 74.9 Å². The van der Waals surface area contributed by atoms with Crippen LogP contribution in [0.15, 0.2) is 48.0 Å². The molecule has 7 nitrogen and oxygen atoms in total. The summed E-state index contributed by atoms with van der Waals surface area (Å²) in [4.78, 5) is 26.7. The number of benzene rings is 2. The average molecular weight is 422 g/mol. The number of ketones is 1. The first-order valence-electron chi connectivity index (χ1n) is 10.5. The van der Waals surface area contributed by atoms with Gasteiger partial charge in [0.2, 0.25) is 5.75 Å². The van der Waals surface area contributed by atoms with Gasteiger partial charge in [-0.1, -0.05) is 36.4 Å². The molecule has 162 valence electrons. The maximum absolute atomic E-state index is 13.1. The normalized spacial score (nSPS) is 18.3. The molecule has 31 heavy (non-hydrogen) atoms. The fourth-order valence-electron chi connectivity index (χ4n) is 4.58. The number of carbonyl (C=O) groups excluding carboxylic acids is 1. The number of nitro groups is 1. The van der Waals surface area contributed by atoms with Gasteiger partial charge in [0.15, 0.2) is 11.5 Å². The van der Waals surface area contributed by atoms with Crippen LogP contribution in [0.1, 0.15) is 34.3 Å². The second kappa shape index (κ2) is 8.89. The van der Waals surface area contributed by atoms with Crippen molar-refractivity contribution >= 4 is 11.5 Å². The molecule has 1 heterocycles. The third-order valence-electron chi connectivity index (χ3n) is 6.13. The van der Waals surface area contributed by atoms with Crippen LogP contribution in [0, 0.1) is 16.0 Å². The van der Waals surface area contributed by atoms with E-state index < -0.39 is 4.92 Å². The van der Waals surface area contributed by atoms with E-state index in [-0.39, 0.29) is 28.5 Å². The minimum atomic E-state index is -0.552. The molecule has 1 saturated heterocycles. The largest absolute Gasteiger partial charge is 0.493 e. The monoisotopic (exact) mass is 422 g/mol. The predicted molar refractivity (Wildman–Crippen MR) is 117 cm³/mol. The standard InChI is InChI=1S/C24H26N2O5/c1-30-20-14-18-13-19(23(27)21(18)22(26(28)29)24(20)31-2)12-16-8-10-25(11-9-16)15-17-6-4-3-5-7-17/h3-7,12,14,16H,8-11,13,15H2,1-2H3/b19-12-. The van der Waals surface area contributed by atoms with Gasteiger partial charge in [-0.05, 0) is 49.0 Å². The number of rotatable bonds is 6. The molecule has 0 saturated carbocycles.